The summed E-state index contributed by atoms with van der Waals surface area (Å²) >= 11 is 0. The highest BCUT2D eigenvalue weighted by molar-refractivity contribution is 5.77. The fraction of sp³-hybridized carbons (Fsp3) is 0.500. The van der Waals surface area contributed by atoms with Crippen molar-refractivity contribution in [3.05, 3.63) is 29.8 Å². The molecule has 0 radical (unpaired) electrons. The number of carbonyl (C=O) groups excluding carboxylic acids is 2. The molecule has 5 nitrogen and oxygen atoms in total. The average molecular weight is 291 g/mol. The molecule has 21 heavy (non-hydrogen) atoms. The summed E-state index contributed by atoms with van der Waals surface area (Å²) in [5.41, 5.74) is 0.858. The molecule has 1 amide bonds. The van der Waals surface area contributed by atoms with E-state index in [1.54, 1.807) is 24.3 Å². The van der Waals surface area contributed by atoms with Crippen molar-refractivity contribution in [1.29, 1.82) is 0 Å². The highest BCUT2D eigenvalue weighted by atomic mass is 16.5. The molecule has 2 rings (SSSR count). The van der Waals surface area contributed by atoms with Gasteiger partial charge >= 0.3 is 5.97 Å². The number of likely N-dealkylation sites (tertiary alicyclic amines) is 1. The van der Waals surface area contributed by atoms with Crippen molar-refractivity contribution >= 4 is 11.9 Å². The fourth-order valence-electron chi connectivity index (χ4n) is 2.32. The van der Waals surface area contributed by atoms with Crippen LogP contribution in [0.4, 0.5) is 0 Å². The van der Waals surface area contributed by atoms with E-state index in [0.29, 0.717) is 5.75 Å². The first kappa shape index (κ1) is 15.4. The molecule has 5 heteroatoms. The number of ether oxygens (including phenoxy) is 2. The van der Waals surface area contributed by atoms with Crippen LogP contribution < -0.4 is 4.74 Å². The Morgan fingerprint density at radius 2 is 1.76 bits per heavy atom. The van der Waals surface area contributed by atoms with Crippen LogP contribution in [0.5, 0.6) is 5.75 Å². The second-order valence-electron chi connectivity index (χ2n) is 5.13. The molecule has 1 saturated heterocycles. The molecular formula is C16H21NO4. The first-order chi connectivity index (χ1) is 10.2. The molecule has 1 aliphatic heterocycles. The number of amides is 1. The zero-order chi connectivity index (χ0) is 15.1. The number of rotatable bonds is 5. The Labute approximate surface area is 124 Å². The summed E-state index contributed by atoms with van der Waals surface area (Å²) < 4.78 is 10.1. The standard InChI is InChI=1S/C16H21NO4/c1-20-16(19)11-13-5-7-14(8-6-13)21-12-15(18)17-9-3-2-4-10-17/h5-8H,2-4,9-12H2,1H3. The second kappa shape index (κ2) is 7.67. The van der Waals surface area contributed by atoms with Gasteiger partial charge in [-0.05, 0) is 37.0 Å². The van der Waals surface area contributed by atoms with Gasteiger partial charge in [-0.25, -0.2) is 0 Å². The quantitative estimate of drug-likeness (QED) is 0.776. The molecule has 0 saturated carbocycles. The molecule has 1 aliphatic rings. The summed E-state index contributed by atoms with van der Waals surface area (Å²) in [7, 11) is 1.37. The molecule has 0 unspecified atom stereocenters. The maximum Gasteiger partial charge on any atom is 0.309 e. The van der Waals surface area contributed by atoms with Crippen molar-refractivity contribution in [2.24, 2.45) is 0 Å². The van der Waals surface area contributed by atoms with Crippen LogP contribution in [0.3, 0.4) is 0 Å². The summed E-state index contributed by atoms with van der Waals surface area (Å²) in [5, 5.41) is 0. The van der Waals surface area contributed by atoms with Crippen molar-refractivity contribution < 1.29 is 19.1 Å². The lowest BCUT2D eigenvalue weighted by Gasteiger charge is -2.26. The Bertz CT molecular complexity index is 478. The van der Waals surface area contributed by atoms with Gasteiger partial charge in [0, 0.05) is 13.1 Å². The van der Waals surface area contributed by atoms with Crippen LogP contribution in [-0.4, -0.2) is 43.6 Å². The summed E-state index contributed by atoms with van der Waals surface area (Å²) in [5.74, 6) is 0.395. The van der Waals surface area contributed by atoms with Gasteiger partial charge in [-0.2, -0.15) is 0 Å². The molecule has 0 aromatic heterocycles. The molecule has 0 spiro atoms. The summed E-state index contributed by atoms with van der Waals surface area (Å²) in [6.45, 7) is 1.73. The molecular weight excluding hydrogens is 270 g/mol. The third kappa shape index (κ3) is 4.77. The topological polar surface area (TPSA) is 55.8 Å². The van der Waals surface area contributed by atoms with Crippen LogP contribution in [0.2, 0.25) is 0 Å². The molecule has 1 aromatic rings. The van der Waals surface area contributed by atoms with Crippen LogP contribution in [0.1, 0.15) is 24.8 Å². The SMILES string of the molecule is COC(=O)Cc1ccc(OCC(=O)N2CCCCC2)cc1. The van der Waals surface area contributed by atoms with Crippen molar-refractivity contribution in [3.8, 4) is 5.75 Å². The van der Waals surface area contributed by atoms with Crippen LogP contribution >= 0.6 is 0 Å². The highest BCUT2D eigenvalue weighted by Crippen LogP contribution is 2.14. The van der Waals surface area contributed by atoms with Crippen LogP contribution in [0.15, 0.2) is 24.3 Å². The molecule has 114 valence electrons. The van der Waals surface area contributed by atoms with Gasteiger partial charge in [0.2, 0.25) is 0 Å². The largest absolute Gasteiger partial charge is 0.484 e. The second-order valence-corrected chi connectivity index (χ2v) is 5.13. The van der Waals surface area contributed by atoms with E-state index in [4.69, 9.17) is 4.74 Å². The number of piperidine rings is 1. The number of nitrogens with zero attached hydrogens (tertiary/aromatic N) is 1. The minimum atomic E-state index is -0.274. The minimum absolute atomic E-state index is 0.0355. The Hall–Kier alpha value is -2.04. The number of esters is 1. The van der Waals surface area contributed by atoms with Crippen molar-refractivity contribution in [2.75, 3.05) is 26.8 Å². The number of benzene rings is 1. The van der Waals surface area contributed by atoms with Crippen molar-refractivity contribution in [3.63, 3.8) is 0 Å². The Morgan fingerprint density at radius 3 is 2.38 bits per heavy atom. The van der Waals surface area contributed by atoms with Gasteiger partial charge in [0.25, 0.3) is 5.91 Å². The first-order valence-electron chi connectivity index (χ1n) is 7.25. The van der Waals surface area contributed by atoms with Gasteiger partial charge in [-0.3, -0.25) is 9.59 Å². The fourth-order valence-corrected chi connectivity index (χ4v) is 2.32. The molecule has 0 bridgehead atoms. The summed E-state index contributed by atoms with van der Waals surface area (Å²) in [6.07, 6.45) is 3.59. The van der Waals surface area contributed by atoms with E-state index in [9.17, 15) is 9.59 Å². The highest BCUT2D eigenvalue weighted by Gasteiger charge is 2.16. The van der Waals surface area contributed by atoms with Crippen molar-refractivity contribution in [2.45, 2.75) is 25.7 Å². The first-order valence-corrected chi connectivity index (χ1v) is 7.25. The zero-order valence-electron chi connectivity index (χ0n) is 12.3. The lowest BCUT2D eigenvalue weighted by molar-refractivity contribution is -0.139. The third-order valence-electron chi connectivity index (χ3n) is 3.57. The van der Waals surface area contributed by atoms with Gasteiger partial charge < -0.3 is 14.4 Å². The van der Waals surface area contributed by atoms with Crippen LogP contribution in [0.25, 0.3) is 0 Å². The molecule has 0 atom stereocenters. The number of methoxy groups -OCH3 is 1. The normalized spacial score (nSPS) is 14.6. The van der Waals surface area contributed by atoms with E-state index in [0.717, 1.165) is 31.5 Å². The number of hydrogen-bond donors (Lipinski definition) is 0. The van der Waals surface area contributed by atoms with Crippen molar-refractivity contribution in [1.82, 2.24) is 4.90 Å². The van der Waals surface area contributed by atoms with E-state index in [1.807, 2.05) is 4.90 Å². The zero-order valence-corrected chi connectivity index (χ0v) is 12.3. The van der Waals surface area contributed by atoms with Gasteiger partial charge in [-0.15, -0.1) is 0 Å². The third-order valence-corrected chi connectivity index (χ3v) is 3.57. The minimum Gasteiger partial charge on any atom is -0.484 e. The van der Waals surface area contributed by atoms with Gasteiger partial charge in [0.1, 0.15) is 5.75 Å². The molecule has 0 N–H and O–H groups in total. The predicted octanol–water partition coefficient (Wildman–Crippen LogP) is 1.79. The number of carbonyl (C=O) groups is 2. The Balaban J connectivity index is 1.80. The lowest BCUT2D eigenvalue weighted by atomic mass is 10.1. The van der Waals surface area contributed by atoms with Gasteiger partial charge in [0.05, 0.1) is 13.5 Å². The Kier molecular flexibility index (Phi) is 5.60. The van der Waals surface area contributed by atoms with E-state index >= 15 is 0 Å². The predicted molar refractivity (Wildman–Crippen MR) is 78.1 cm³/mol. The van der Waals surface area contributed by atoms with E-state index in [1.165, 1.54) is 13.5 Å². The summed E-state index contributed by atoms with van der Waals surface area (Å²) in [6, 6.07) is 7.14. The lowest BCUT2D eigenvalue weighted by Crippen LogP contribution is -2.38. The van der Waals surface area contributed by atoms with Crippen LogP contribution in [0, 0.1) is 0 Å². The maximum atomic E-state index is 12.0. The van der Waals surface area contributed by atoms with E-state index < -0.39 is 0 Å². The monoisotopic (exact) mass is 291 g/mol. The summed E-state index contributed by atoms with van der Waals surface area (Å²) in [4.78, 5) is 25.0. The van der Waals surface area contributed by atoms with E-state index in [2.05, 4.69) is 4.74 Å². The maximum absolute atomic E-state index is 12.0. The van der Waals surface area contributed by atoms with E-state index in [-0.39, 0.29) is 24.9 Å². The number of hydrogen-bond acceptors (Lipinski definition) is 4. The Morgan fingerprint density at radius 1 is 1.10 bits per heavy atom. The smallest absolute Gasteiger partial charge is 0.309 e. The average Bonchev–Trinajstić information content (AvgIpc) is 2.54. The molecule has 0 aliphatic carbocycles. The molecule has 1 aromatic carbocycles. The molecule has 1 heterocycles. The van der Waals surface area contributed by atoms with Gasteiger partial charge in [-0.1, -0.05) is 12.1 Å². The molecule has 1 fully saturated rings. The van der Waals surface area contributed by atoms with Crippen LogP contribution in [-0.2, 0) is 20.7 Å². The van der Waals surface area contributed by atoms with Gasteiger partial charge in [0.15, 0.2) is 6.61 Å².